The van der Waals surface area contributed by atoms with E-state index in [1.54, 1.807) is 6.08 Å². The SMILES string of the molecule is CCCC[C@H]1CC[C@H](c2ccc(C3=CC(N)=C4C(=O)C=CC(N)=C4C3=O)cc2)CC1. The van der Waals surface area contributed by atoms with Crippen LogP contribution in [-0.4, -0.2) is 11.6 Å². The summed E-state index contributed by atoms with van der Waals surface area (Å²) in [5.74, 6) is 0.980. The van der Waals surface area contributed by atoms with Gasteiger partial charge in [-0.1, -0.05) is 50.5 Å². The molecule has 0 unspecified atom stereocenters. The van der Waals surface area contributed by atoms with Crippen molar-refractivity contribution in [2.24, 2.45) is 17.4 Å². The Bertz CT molecular complexity index is 984. The highest BCUT2D eigenvalue weighted by atomic mass is 16.1. The van der Waals surface area contributed by atoms with Gasteiger partial charge >= 0.3 is 0 Å². The van der Waals surface area contributed by atoms with Crippen molar-refractivity contribution in [1.29, 1.82) is 0 Å². The molecule has 4 rings (SSSR count). The van der Waals surface area contributed by atoms with Gasteiger partial charge in [0.25, 0.3) is 0 Å². The average molecular weight is 403 g/mol. The lowest BCUT2D eigenvalue weighted by Gasteiger charge is -2.29. The van der Waals surface area contributed by atoms with Crippen LogP contribution in [0.25, 0.3) is 5.57 Å². The van der Waals surface area contributed by atoms with Gasteiger partial charge in [-0.3, -0.25) is 9.59 Å². The number of nitrogens with two attached hydrogens (primary N) is 2. The minimum atomic E-state index is -0.273. The summed E-state index contributed by atoms with van der Waals surface area (Å²) in [5.41, 5.74) is 15.8. The van der Waals surface area contributed by atoms with Gasteiger partial charge in [0.15, 0.2) is 11.6 Å². The van der Waals surface area contributed by atoms with Crippen LogP contribution < -0.4 is 11.5 Å². The second-order valence-electron chi connectivity index (χ2n) is 8.73. The van der Waals surface area contributed by atoms with Crippen molar-refractivity contribution < 1.29 is 9.59 Å². The van der Waals surface area contributed by atoms with Gasteiger partial charge in [0, 0.05) is 17.0 Å². The quantitative estimate of drug-likeness (QED) is 0.749. The van der Waals surface area contributed by atoms with Crippen molar-refractivity contribution >= 4 is 17.1 Å². The molecule has 0 amide bonds. The van der Waals surface area contributed by atoms with Crippen molar-refractivity contribution in [2.45, 2.75) is 57.8 Å². The number of fused-ring (bicyclic) bond motifs is 1. The predicted octanol–water partition coefficient (Wildman–Crippen LogP) is 4.68. The summed E-state index contributed by atoms with van der Waals surface area (Å²) in [6.07, 6.45) is 13.6. The molecule has 4 heteroatoms. The van der Waals surface area contributed by atoms with Crippen molar-refractivity contribution in [3.8, 4) is 0 Å². The fraction of sp³-hybridized carbons (Fsp3) is 0.385. The lowest BCUT2D eigenvalue weighted by atomic mass is 9.76. The molecule has 0 heterocycles. The molecule has 0 atom stereocenters. The molecule has 1 saturated carbocycles. The zero-order chi connectivity index (χ0) is 21.3. The van der Waals surface area contributed by atoms with Crippen LogP contribution in [0.1, 0.15) is 68.9 Å². The Morgan fingerprint density at radius 1 is 0.900 bits per heavy atom. The zero-order valence-electron chi connectivity index (χ0n) is 17.6. The number of hydrogen-bond donors (Lipinski definition) is 2. The van der Waals surface area contributed by atoms with E-state index in [9.17, 15) is 9.59 Å². The van der Waals surface area contributed by atoms with E-state index in [1.807, 2.05) is 12.1 Å². The number of allylic oxidation sites excluding steroid dienone is 6. The lowest BCUT2D eigenvalue weighted by Crippen LogP contribution is -2.26. The number of ketones is 2. The molecule has 0 spiro atoms. The van der Waals surface area contributed by atoms with Crippen LogP contribution in [0.15, 0.2) is 65.0 Å². The molecule has 1 aromatic carbocycles. The van der Waals surface area contributed by atoms with Gasteiger partial charge in [-0.15, -0.1) is 0 Å². The van der Waals surface area contributed by atoms with Crippen LogP contribution >= 0.6 is 0 Å². The zero-order valence-corrected chi connectivity index (χ0v) is 17.6. The first-order valence-corrected chi connectivity index (χ1v) is 11.1. The first-order valence-electron chi connectivity index (χ1n) is 11.1. The average Bonchev–Trinajstić information content (AvgIpc) is 2.77. The fourth-order valence-corrected chi connectivity index (χ4v) is 4.99. The molecule has 3 aliphatic carbocycles. The summed E-state index contributed by atoms with van der Waals surface area (Å²) >= 11 is 0. The van der Waals surface area contributed by atoms with Crippen molar-refractivity contribution in [3.63, 3.8) is 0 Å². The number of carbonyl (C=O) groups is 2. The second-order valence-corrected chi connectivity index (χ2v) is 8.73. The number of rotatable bonds is 5. The Hall–Kier alpha value is -2.88. The van der Waals surface area contributed by atoms with Gasteiger partial charge in [-0.25, -0.2) is 0 Å². The van der Waals surface area contributed by atoms with Crippen molar-refractivity contribution in [2.75, 3.05) is 0 Å². The van der Waals surface area contributed by atoms with E-state index in [2.05, 4.69) is 19.1 Å². The Morgan fingerprint density at radius 3 is 2.27 bits per heavy atom. The lowest BCUT2D eigenvalue weighted by molar-refractivity contribution is -0.113. The van der Waals surface area contributed by atoms with E-state index in [1.165, 1.54) is 62.7 Å². The second kappa shape index (κ2) is 8.47. The summed E-state index contributed by atoms with van der Waals surface area (Å²) in [5, 5.41) is 0. The highest BCUT2D eigenvalue weighted by Crippen LogP contribution is 2.39. The summed E-state index contributed by atoms with van der Waals surface area (Å²) < 4.78 is 0. The molecule has 0 aromatic heterocycles. The third kappa shape index (κ3) is 3.79. The smallest absolute Gasteiger partial charge is 0.196 e. The minimum absolute atomic E-state index is 0.222. The highest BCUT2D eigenvalue weighted by molar-refractivity contribution is 6.36. The molecule has 0 aliphatic heterocycles. The normalized spacial score (nSPS) is 24.2. The van der Waals surface area contributed by atoms with Gasteiger partial charge in [0.05, 0.1) is 11.1 Å². The van der Waals surface area contributed by atoms with E-state index < -0.39 is 0 Å². The standard InChI is InChI=1S/C26H30N2O2/c1-2-3-4-16-5-7-17(8-6-16)18-9-11-19(12-10-18)20-15-22(28)24-23(29)14-13-21(27)25(24)26(20)30/h9-17H,2-8,27-28H2,1H3/t16-,17-. The van der Waals surface area contributed by atoms with Crippen LogP contribution in [-0.2, 0) is 9.59 Å². The first-order chi connectivity index (χ1) is 14.5. The largest absolute Gasteiger partial charge is 0.398 e. The van der Waals surface area contributed by atoms with E-state index in [0.717, 1.165) is 11.5 Å². The van der Waals surface area contributed by atoms with Gasteiger partial charge < -0.3 is 11.5 Å². The topological polar surface area (TPSA) is 86.2 Å². The predicted molar refractivity (Wildman–Crippen MR) is 120 cm³/mol. The Morgan fingerprint density at radius 2 is 1.60 bits per heavy atom. The molecular weight excluding hydrogens is 372 g/mol. The maximum absolute atomic E-state index is 13.1. The molecule has 30 heavy (non-hydrogen) atoms. The van der Waals surface area contributed by atoms with E-state index in [0.29, 0.717) is 22.9 Å². The number of benzene rings is 1. The third-order valence-corrected chi connectivity index (χ3v) is 6.77. The molecule has 0 saturated heterocycles. The number of carbonyl (C=O) groups excluding carboxylic acids is 2. The summed E-state index contributed by atoms with van der Waals surface area (Å²) in [7, 11) is 0. The maximum Gasteiger partial charge on any atom is 0.196 e. The molecular formula is C26H30N2O2. The Kier molecular flexibility index (Phi) is 5.76. The first kappa shape index (κ1) is 20.4. The summed E-state index contributed by atoms with van der Waals surface area (Å²) in [6.45, 7) is 2.26. The third-order valence-electron chi connectivity index (χ3n) is 6.77. The molecule has 4 nitrogen and oxygen atoms in total. The van der Waals surface area contributed by atoms with Crippen LogP contribution in [0.3, 0.4) is 0 Å². The van der Waals surface area contributed by atoms with Crippen LogP contribution in [0.5, 0.6) is 0 Å². The van der Waals surface area contributed by atoms with E-state index >= 15 is 0 Å². The molecule has 1 fully saturated rings. The molecule has 4 N–H and O–H groups in total. The van der Waals surface area contributed by atoms with Crippen molar-refractivity contribution in [3.05, 3.63) is 76.2 Å². The van der Waals surface area contributed by atoms with Gasteiger partial charge in [-0.2, -0.15) is 0 Å². The summed E-state index contributed by atoms with van der Waals surface area (Å²) in [6, 6.07) is 8.27. The van der Waals surface area contributed by atoms with Crippen LogP contribution in [0.4, 0.5) is 0 Å². The van der Waals surface area contributed by atoms with Crippen molar-refractivity contribution in [1.82, 2.24) is 0 Å². The Balaban J connectivity index is 1.53. The monoisotopic (exact) mass is 402 g/mol. The highest BCUT2D eigenvalue weighted by Gasteiger charge is 2.33. The molecule has 0 radical (unpaired) electrons. The van der Waals surface area contributed by atoms with E-state index in [-0.39, 0.29) is 22.7 Å². The fourth-order valence-electron chi connectivity index (χ4n) is 4.99. The molecule has 0 bridgehead atoms. The van der Waals surface area contributed by atoms with Gasteiger partial charge in [-0.05, 0) is 66.9 Å². The van der Waals surface area contributed by atoms with E-state index in [4.69, 9.17) is 11.5 Å². The van der Waals surface area contributed by atoms with Crippen LogP contribution in [0.2, 0.25) is 0 Å². The minimum Gasteiger partial charge on any atom is -0.398 e. The van der Waals surface area contributed by atoms with Crippen LogP contribution in [0, 0.1) is 5.92 Å². The maximum atomic E-state index is 13.1. The molecule has 1 aromatic rings. The Labute approximate surface area is 178 Å². The van der Waals surface area contributed by atoms with Gasteiger partial charge in [0.1, 0.15) is 0 Å². The number of unbranched alkanes of at least 4 members (excludes halogenated alkanes) is 1. The number of hydrogen-bond acceptors (Lipinski definition) is 4. The summed E-state index contributed by atoms with van der Waals surface area (Å²) in [4.78, 5) is 25.3. The molecule has 3 aliphatic rings. The number of Topliss-reactive ketones (excluding diaryl/α,β-unsaturated/α-hetero) is 1. The molecule has 156 valence electrons. The van der Waals surface area contributed by atoms with Gasteiger partial charge in [0.2, 0.25) is 0 Å².